The molecule has 2 rings (SSSR count). The number of anilines is 1. The third-order valence-corrected chi connectivity index (χ3v) is 3.78. The van der Waals surface area contributed by atoms with E-state index in [0.717, 1.165) is 6.26 Å². The quantitative estimate of drug-likeness (QED) is 0.738. The molecule has 0 bridgehead atoms. The van der Waals surface area contributed by atoms with E-state index in [1.165, 1.54) is 23.5 Å². The van der Waals surface area contributed by atoms with Crippen LogP contribution in [0.3, 0.4) is 0 Å². The molecule has 0 amide bonds. The molecule has 0 aliphatic carbocycles. The highest BCUT2D eigenvalue weighted by molar-refractivity contribution is 7.92. The zero-order valence-corrected chi connectivity index (χ0v) is 10.9. The molecular formula is C11H13NO5S. The number of esters is 1. The third-order valence-electron chi connectivity index (χ3n) is 2.60. The number of hydrogen-bond donors (Lipinski definition) is 0. The molecule has 0 saturated carbocycles. The molecule has 1 aromatic rings. The summed E-state index contributed by atoms with van der Waals surface area (Å²) in [4.78, 5) is 11.4. The Morgan fingerprint density at radius 2 is 2.17 bits per heavy atom. The second-order valence-corrected chi connectivity index (χ2v) is 5.76. The van der Waals surface area contributed by atoms with Crippen molar-refractivity contribution < 1.29 is 22.7 Å². The molecule has 1 aromatic carbocycles. The van der Waals surface area contributed by atoms with Gasteiger partial charge in [0.25, 0.3) is 0 Å². The van der Waals surface area contributed by atoms with Crippen LogP contribution in [0.5, 0.6) is 5.75 Å². The monoisotopic (exact) mass is 271 g/mol. The summed E-state index contributed by atoms with van der Waals surface area (Å²) in [6.07, 6.45) is 1.14. The van der Waals surface area contributed by atoms with E-state index in [9.17, 15) is 13.2 Å². The molecule has 1 heterocycles. The van der Waals surface area contributed by atoms with Crippen molar-refractivity contribution in [2.75, 3.05) is 30.8 Å². The highest BCUT2D eigenvalue weighted by Crippen LogP contribution is 2.33. The van der Waals surface area contributed by atoms with Crippen LogP contribution in [0.2, 0.25) is 0 Å². The maximum Gasteiger partial charge on any atom is 0.337 e. The van der Waals surface area contributed by atoms with Crippen molar-refractivity contribution in [2.45, 2.75) is 0 Å². The Bertz CT molecular complexity index is 581. The van der Waals surface area contributed by atoms with Crippen LogP contribution < -0.4 is 9.04 Å². The van der Waals surface area contributed by atoms with Gasteiger partial charge in [0.15, 0.2) is 0 Å². The molecule has 0 unspecified atom stereocenters. The van der Waals surface area contributed by atoms with E-state index in [1.807, 2.05) is 0 Å². The Balaban J connectivity index is 2.46. The minimum absolute atomic E-state index is 0.255. The van der Waals surface area contributed by atoms with E-state index in [-0.39, 0.29) is 13.2 Å². The van der Waals surface area contributed by atoms with Crippen molar-refractivity contribution in [3.63, 3.8) is 0 Å². The summed E-state index contributed by atoms with van der Waals surface area (Å²) < 4.78 is 34.4. The first-order valence-electron chi connectivity index (χ1n) is 5.26. The van der Waals surface area contributed by atoms with Crippen molar-refractivity contribution in [2.24, 2.45) is 0 Å². The fourth-order valence-corrected chi connectivity index (χ4v) is 2.70. The van der Waals surface area contributed by atoms with Crippen molar-refractivity contribution in [3.05, 3.63) is 23.8 Å². The number of carbonyl (C=O) groups excluding carboxylic acids is 1. The fourth-order valence-electron chi connectivity index (χ4n) is 1.78. The summed E-state index contributed by atoms with van der Waals surface area (Å²) in [5.74, 6) is -0.118. The second-order valence-electron chi connectivity index (χ2n) is 3.86. The minimum atomic E-state index is -3.34. The minimum Gasteiger partial charge on any atom is -0.489 e. The lowest BCUT2D eigenvalue weighted by Crippen LogP contribution is -2.37. The SMILES string of the molecule is COC(=O)c1ccc2c(c1)OCCN2S(C)(=O)=O. The van der Waals surface area contributed by atoms with Gasteiger partial charge in [-0.2, -0.15) is 0 Å². The number of ether oxygens (including phenoxy) is 2. The van der Waals surface area contributed by atoms with Crippen LogP contribution in [0.25, 0.3) is 0 Å². The Morgan fingerprint density at radius 3 is 2.78 bits per heavy atom. The van der Waals surface area contributed by atoms with E-state index >= 15 is 0 Å². The summed E-state index contributed by atoms with van der Waals surface area (Å²) in [7, 11) is -2.06. The first-order chi connectivity index (χ1) is 8.43. The zero-order valence-electron chi connectivity index (χ0n) is 10.0. The number of benzene rings is 1. The Morgan fingerprint density at radius 1 is 1.44 bits per heavy atom. The smallest absolute Gasteiger partial charge is 0.337 e. The Hall–Kier alpha value is -1.76. The number of sulfonamides is 1. The molecular weight excluding hydrogens is 258 g/mol. The second kappa shape index (κ2) is 4.49. The van der Waals surface area contributed by atoms with Gasteiger partial charge in [-0.15, -0.1) is 0 Å². The highest BCUT2D eigenvalue weighted by Gasteiger charge is 2.25. The third kappa shape index (κ3) is 2.26. The van der Waals surface area contributed by atoms with Gasteiger partial charge in [0.05, 0.1) is 31.2 Å². The van der Waals surface area contributed by atoms with Crippen LogP contribution in [0, 0.1) is 0 Å². The van der Waals surface area contributed by atoms with E-state index in [0.29, 0.717) is 17.0 Å². The lowest BCUT2D eigenvalue weighted by Gasteiger charge is -2.29. The molecule has 1 aliphatic heterocycles. The summed E-state index contributed by atoms with van der Waals surface area (Å²) in [5, 5.41) is 0. The largest absolute Gasteiger partial charge is 0.489 e. The van der Waals surface area contributed by atoms with Gasteiger partial charge < -0.3 is 9.47 Å². The molecule has 6 nitrogen and oxygen atoms in total. The molecule has 0 aromatic heterocycles. The normalized spacial score (nSPS) is 14.7. The van der Waals surface area contributed by atoms with Gasteiger partial charge in [0.2, 0.25) is 10.0 Å². The average Bonchev–Trinajstić information content (AvgIpc) is 2.35. The molecule has 0 saturated heterocycles. The summed E-state index contributed by atoms with van der Waals surface area (Å²) in [6, 6.07) is 4.54. The van der Waals surface area contributed by atoms with Crippen LogP contribution >= 0.6 is 0 Å². The lowest BCUT2D eigenvalue weighted by molar-refractivity contribution is 0.0600. The van der Waals surface area contributed by atoms with Gasteiger partial charge in [0.1, 0.15) is 12.4 Å². The molecule has 0 N–H and O–H groups in total. The number of rotatable bonds is 2. The first kappa shape index (κ1) is 12.7. The van der Waals surface area contributed by atoms with Crippen molar-refractivity contribution in [1.29, 1.82) is 0 Å². The standard InChI is InChI=1S/C11H13NO5S/c1-16-11(13)8-3-4-9-10(7-8)17-6-5-12(9)18(2,14)15/h3-4,7H,5-6H2,1-2H3. The van der Waals surface area contributed by atoms with Crippen LogP contribution in [-0.4, -0.2) is 40.9 Å². The van der Waals surface area contributed by atoms with E-state index in [4.69, 9.17) is 4.74 Å². The zero-order chi connectivity index (χ0) is 13.3. The van der Waals surface area contributed by atoms with E-state index in [1.54, 1.807) is 6.07 Å². The number of carbonyl (C=O) groups is 1. The van der Waals surface area contributed by atoms with Gasteiger partial charge >= 0.3 is 5.97 Å². The topological polar surface area (TPSA) is 72.9 Å². The predicted molar refractivity (Wildman–Crippen MR) is 65.5 cm³/mol. The molecule has 7 heteroatoms. The van der Waals surface area contributed by atoms with Crippen molar-refractivity contribution >= 4 is 21.7 Å². The maximum absolute atomic E-state index is 11.6. The highest BCUT2D eigenvalue weighted by atomic mass is 32.2. The van der Waals surface area contributed by atoms with Gasteiger partial charge in [-0.1, -0.05) is 0 Å². The molecule has 0 spiro atoms. The van der Waals surface area contributed by atoms with Gasteiger partial charge in [0, 0.05) is 0 Å². The molecule has 1 aliphatic rings. The first-order valence-corrected chi connectivity index (χ1v) is 7.11. The van der Waals surface area contributed by atoms with Crippen molar-refractivity contribution in [1.82, 2.24) is 0 Å². The lowest BCUT2D eigenvalue weighted by atomic mass is 10.2. The van der Waals surface area contributed by atoms with Crippen molar-refractivity contribution in [3.8, 4) is 5.75 Å². The summed E-state index contributed by atoms with van der Waals surface area (Å²) in [6.45, 7) is 0.522. The Kier molecular flexibility index (Phi) is 3.16. The van der Waals surface area contributed by atoms with Crippen LogP contribution in [0.15, 0.2) is 18.2 Å². The molecule has 0 atom stereocenters. The number of fused-ring (bicyclic) bond motifs is 1. The van der Waals surface area contributed by atoms with Crippen LogP contribution in [-0.2, 0) is 14.8 Å². The number of nitrogens with zero attached hydrogens (tertiary/aromatic N) is 1. The predicted octanol–water partition coefficient (Wildman–Crippen LogP) is 0.632. The molecule has 0 radical (unpaired) electrons. The van der Waals surface area contributed by atoms with Gasteiger partial charge in [-0.05, 0) is 18.2 Å². The van der Waals surface area contributed by atoms with Crippen LogP contribution in [0.1, 0.15) is 10.4 Å². The number of methoxy groups -OCH3 is 1. The Labute approximate surface area is 105 Å². The number of hydrogen-bond acceptors (Lipinski definition) is 5. The summed E-state index contributed by atoms with van der Waals surface area (Å²) >= 11 is 0. The van der Waals surface area contributed by atoms with E-state index < -0.39 is 16.0 Å². The molecule has 0 fully saturated rings. The fraction of sp³-hybridized carbons (Fsp3) is 0.364. The molecule has 18 heavy (non-hydrogen) atoms. The summed E-state index contributed by atoms with van der Waals surface area (Å²) in [5.41, 5.74) is 0.767. The average molecular weight is 271 g/mol. The van der Waals surface area contributed by atoms with E-state index in [2.05, 4.69) is 4.74 Å². The van der Waals surface area contributed by atoms with Crippen LogP contribution in [0.4, 0.5) is 5.69 Å². The van der Waals surface area contributed by atoms with Gasteiger partial charge in [-0.3, -0.25) is 4.31 Å². The van der Waals surface area contributed by atoms with Gasteiger partial charge in [-0.25, -0.2) is 13.2 Å². The molecule has 98 valence electrons. The maximum atomic E-state index is 11.6.